The maximum absolute atomic E-state index is 11.9. The molecule has 0 aromatic carbocycles. The summed E-state index contributed by atoms with van der Waals surface area (Å²) in [7, 11) is 2.86. The van der Waals surface area contributed by atoms with Crippen molar-refractivity contribution in [2.75, 3.05) is 32.7 Å². The van der Waals surface area contributed by atoms with Gasteiger partial charge in [-0.2, -0.15) is 0 Å². The van der Waals surface area contributed by atoms with Gasteiger partial charge < -0.3 is 14.4 Å². The second kappa shape index (κ2) is 6.73. The summed E-state index contributed by atoms with van der Waals surface area (Å²) in [6.07, 6.45) is 1.41. The van der Waals surface area contributed by atoms with Crippen molar-refractivity contribution in [3.63, 3.8) is 0 Å². The van der Waals surface area contributed by atoms with Gasteiger partial charge in [0.1, 0.15) is 0 Å². The lowest BCUT2D eigenvalue weighted by molar-refractivity contribution is -0.143. The summed E-state index contributed by atoms with van der Waals surface area (Å²) in [5.74, 6) is -0.599. The SMILES string of the molecule is COCCN(C(=O)CBr)C1(C(Cl)C(=O)OC)CC1. The molecule has 0 aromatic heterocycles. The molecule has 0 aromatic rings. The number of carbonyl (C=O) groups is 2. The van der Waals surface area contributed by atoms with E-state index in [2.05, 4.69) is 20.7 Å². The molecular formula is C11H17BrClNO4. The van der Waals surface area contributed by atoms with Crippen LogP contribution in [-0.2, 0) is 19.1 Å². The average Bonchev–Trinajstić information content (AvgIpc) is 3.18. The van der Waals surface area contributed by atoms with Gasteiger partial charge in [-0.3, -0.25) is 9.59 Å². The number of hydrogen-bond donors (Lipinski definition) is 0. The Morgan fingerprint density at radius 2 is 2.06 bits per heavy atom. The molecule has 7 heteroatoms. The van der Waals surface area contributed by atoms with Gasteiger partial charge in [0, 0.05) is 13.7 Å². The van der Waals surface area contributed by atoms with Gasteiger partial charge in [0.15, 0.2) is 5.38 Å². The van der Waals surface area contributed by atoms with Crippen molar-refractivity contribution in [2.45, 2.75) is 23.8 Å². The highest BCUT2D eigenvalue weighted by Gasteiger charge is 2.57. The summed E-state index contributed by atoms with van der Waals surface area (Å²) >= 11 is 9.28. The molecule has 1 atom stereocenters. The van der Waals surface area contributed by atoms with E-state index in [-0.39, 0.29) is 11.2 Å². The zero-order valence-corrected chi connectivity index (χ0v) is 12.8. The largest absolute Gasteiger partial charge is 0.468 e. The topological polar surface area (TPSA) is 55.8 Å². The highest BCUT2D eigenvalue weighted by Crippen LogP contribution is 2.47. The Bertz CT molecular complexity index is 322. The van der Waals surface area contributed by atoms with Crippen LogP contribution in [0.4, 0.5) is 0 Å². The van der Waals surface area contributed by atoms with Crippen LogP contribution in [-0.4, -0.2) is 60.4 Å². The molecule has 0 N–H and O–H groups in total. The lowest BCUT2D eigenvalue weighted by atomic mass is 10.1. The van der Waals surface area contributed by atoms with Crippen LogP contribution in [0.15, 0.2) is 0 Å². The number of rotatable bonds is 7. The molecule has 0 aliphatic heterocycles. The predicted octanol–water partition coefficient (Wildman–Crippen LogP) is 1.17. The van der Waals surface area contributed by atoms with Crippen LogP contribution < -0.4 is 0 Å². The van der Waals surface area contributed by atoms with Gasteiger partial charge >= 0.3 is 5.97 Å². The summed E-state index contributed by atoms with van der Waals surface area (Å²) in [5, 5.41) is -0.633. The Kier molecular flexibility index (Phi) is 5.88. The third-order valence-electron chi connectivity index (χ3n) is 3.11. The fraction of sp³-hybridized carbons (Fsp3) is 0.818. The van der Waals surface area contributed by atoms with E-state index in [1.807, 2.05) is 0 Å². The van der Waals surface area contributed by atoms with Gasteiger partial charge in [0.2, 0.25) is 5.91 Å². The molecule has 1 aliphatic carbocycles. The van der Waals surface area contributed by atoms with E-state index in [0.717, 1.165) is 0 Å². The first-order chi connectivity index (χ1) is 8.53. The molecule has 18 heavy (non-hydrogen) atoms. The average molecular weight is 343 g/mol. The lowest BCUT2D eigenvalue weighted by Gasteiger charge is -2.33. The second-order valence-electron chi connectivity index (χ2n) is 4.16. The van der Waals surface area contributed by atoms with E-state index >= 15 is 0 Å². The lowest BCUT2D eigenvalue weighted by Crippen LogP contribution is -2.52. The molecule has 1 rings (SSSR count). The van der Waals surface area contributed by atoms with E-state index in [4.69, 9.17) is 16.3 Å². The first kappa shape index (κ1) is 15.7. The van der Waals surface area contributed by atoms with Crippen LogP contribution in [0.1, 0.15) is 12.8 Å². The number of methoxy groups -OCH3 is 2. The fourth-order valence-corrected chi connectivity index (χ4v) is 2.69. The molecule has 1 fully saturated rings. The minimum absolute atomic E-state index is 0.0981. The van der Waals surface area contributed by atoms with Crippen molar-refractivity contribution in [2.24, 2.45) is 0 Å². The van der Waals surface area contributed by atoms with E-state index < -0.39 is 16.9 Å². The minimum atomic E-state index is -0.831. The van der Waals surface area contributed by atoms with E-state index in [1.165, 1.54) is 7.11 Å². The molecule has 0 heterocycles. The highest BCUT2D eigenvalue weighted by molar-refractivity contribution is 9.09. The van der Waals surface area contributed by atoms with Gasteiger partial charge in [-0.15, -0.1) is 11.6 Å². The third-order valence-corrected chi connectivity index (χ3v) is 4.18. The predicted molar refractivity (Wildman–Crippen MR) is 71.0 cm³/mol. The van der Waals surface area contributed by atoms with Crippen molar-refractivity contribution in [3.05, 3.63) is 0 Å². The Morgan fingerprint density at radius 1 is 1.44 bits per heavy atom. The number of esters is 1. The molecule has 1 amide bonds. The summed E-state index contributed by atoms with van der Waals surface area (Å²) in [6, 6.07) is 0. The molecule has 1 unspecified atom stereocenters. The second-order valence-corrected chi connectivity index (χ2v) is 5.16. The van der Waals surface area contributed by atoms with Crippen molar-refractivity contribution in [1.29, 1.82) is 0 Å². The number of halogens is 2. The third kappa shape index (κ3) is 3.16. The van der Waals surface area contributed by atoms with Gasteiger partial charge in [-0.25, -0.2) is 0 Å². The minimum Gasteiger partial charge on any atom is -0.468 e. The van der Waals surface area contributed by atoms with Crippen LogP contribution in [0, 0.1) is 0 Å². The molecule has 5 nitrogen and oxygen atoms in total. The maximum atomic E-state index is 11.9. The van der Waals surface area contributed by atoms with Crippen molar-refractivity contribution >= 4 is 39.4 Å². The van der Waals surface area contributed by atoms with Crippen LogP contribution in [0.2, 0.25) is 0 Å². The summed E-state index contributed by atoms with van der Waals surface area (Å²) in [5.41, 5.74) is -0.613. The summed E-state index contributed by atoms with van der Waals surface area (Å²) in [6.45, 7) is 0.826. The van der Waals surface area contributed by atoms with E-state index in [0.29, 0.717) is 26.0 Å². The number of hydrogen-bond acceptors (Lipinski definition) is 4. The fourth-order valence-electron chi connectivity index (χ4n) is 1.96. The molecule has 0 radical (unpaired) electrons. The van der Waals surface area contributed by atoms with E-state index in [1.54, 1.807) is 12.0 Å². The van der Waals surface area contributed by atoms with Gasteiger partial charge in [-0.1, -0.05) is 15.9 Å². The van der Waals surface area contributed by atoms with Crippen LogP contribution in [0.5, 0.6) is 0 Å². The Balaban J connectivity index is 2.83. The maximum Gasteiger partial charge on any atom is 0.326 e. The summed E-state index contributed by atoms with van der Waals surface area (Å²) < 4.78 is 9.64. The van der Waals surface area contributed by atoms with Crippen LogP contribution >= 0.6 is 27.5 Å². The number of ether oxygens (including phenoxy) is 2. The highest BCUT2D eigenvalue weighted by atomic mass is 79.9. The molecule has 0 saturated heterocycles. The number of amides is 1. The van der Waals surface area contributed by atoms with Crippen molar-refractivity contribution in [1.82, 2.24) is 4.90 Å². The van der Waals surface area contributed by atoms with Crippen LogP contribution in [0.25, 0.3) is 0 Å². The quantitative estimate of drug-likeness (QED) is 0.515. The summed E-state index contributed by atoms with van der Waals surface area (Å²) in [4.78, 5) is 25.1. The van der Waals surface area contributed by atoms with Crippen molar-refractivity contribution < 1.29 is 19.1 Å². The van der Waals surface area contributed by atoms with Crippen LogP contribution in [0.3, 0.4) is 0 Å². The number of nitrogens with zero attached hydrogens (tertiary/aromatic N) is 1. The zero-order valence-electron chi connectivity index (χ0n) is 10.4. The molecule has 104 valence electrons. The monoisotopic (exact) mass is 341 g/mol. The molecule has 0 spiro atoms. The number of alkyl halides is 2. The number of carbonyl (C=O) groups excluding carboxylic acids is 2. The Morgan fingerprint density at radius 3 is 2.44 bits per heavy atom. The first-order valence-electron chi connectivity index (χ1n) is 5.60. The Labute approximate surface area is 120 Å². The van der Waals surface area contributed by atoms with Gasteiger partial charge in [0.05, 0.1) is 24.6 Å². The van der Waals surface area contributed by atoms with Crippen molar-refractivity contribution in [3.8, 4) is 0 Å². The Hall–Kier alpha value is -0.330. The molecule has 1 aliphatic rings. The molecular weight excluding hydrogens is 325 g/mol. The zero-order chi connectivity index (χ0) is 13.8. The first-order valence-corrected chi connectivity index (χ1v) is 7.16. The normalized spacial score (nSPS) is 18.0. The van der Waals surface area contributed by atoms with Gasteiger partial charge in [-0.05, 0) is 12.8 Å². The molecule has 1 saturated carbocycles. The molecule has 0 bridgehead atoms. The van der Waals surface area contributed by atoms with Gasteiger partial charge in [0.25, 0.3) is 0 Å². The standard InChI is InChI=1S/C11H17BrClNO4/c1-17-6-5-14(8(15)7-12)11(3-4-11)9(13)10(16)18-2/h9H,3-7H2,1-2H3. The van der Waals surface area contributed by atoms with E-state index in [9.17, 15) is 9.59 Å². The smallest absolute Gasteiger partial charge is 0.326 e.